The second kappa shape index (κ2) is 7.38. The van der Waals surface area contributed by atoms with Crippen LogP contribution in [0.2, 0.25) is 10.0 Å². The summed E-state index contributed by atoms with van der Waals surface area (Å²) in [5.74, 6) is 0.678. The zero-order valence-corrected chi connectivity index (χ0v) is 15.2. The third-order valence-corrected chi connectivity index (χ3v) is 4.96. The largest absolute Gasteiger partial charge is 0.462 e. The highest BCUT2D eigenvalue weighted by Crippen LogP contribution is 2.25. The van der Waals surface area contributed by atoms with Gasteiger partial charge in [0.2, 0.25) is 5.91 Å². The summed E-state index contributed by atoms with van der Waals surface area (Å²) in [6.07, 6.45) is 1.84. The molecule has 2 heterocycles. The van der Waals surface area contributed by atoms with E-state index in [1.165, 1.54) is 11.3 Å². The van der Waals surface area contributed by atoms with Gasteiger partial charge in [-0.1, -0.05) is 29.3 Å². The molecule has 0 fully saturated rings. The Bertz CT molecular complexity index is 846. The minimum absolute atomic E-state index is 0.0303. The minimum Gasteiger partial charge on any atom is -0.462 e. The molecule has 0 aliphatic carbocycles. The number of rotatable bonds is 5. The van der Waals surface area contributed by atoms with Crippen molar-refractivity contribution in [3.63, 3.8) is 0 Å². The highest BCUT2D eigenvalue weighted by Gasteiger charge is 2.15. The maximum Gasteiger partial charge on any atom is 0.228 e. The number of aromatic nitrogens is 1. The van der Waals surface area contributed by atoms with Crippen molar-refractivity contribution in [2.24, 2.45) is 0 Å². The van der Waals surface area contributed by atoms with E-state index in [1.807, 2.05) is 23.6 Å². The van der Waals surface area contributed by atoms with E-state index in [2.05, 4.69) is 4.98 Å². The molecular weight excluding hydrogens is 367 g/mol. The number of nitrogens with zero attached hydrogens (tertiary/aromatic N) is 2. The summed E-state index contributed by atoms with van der Waals surface area (Å²) < 4.78 is 5.31. The lowest BCUT2D eigenvalue weighted by Gasteiger charge is -2.17. The zero-order valence-electron chi connectivity index (χ0n) is 12.8. The summed E-state index contributed by atoms with van der Waals surface area (Å²) in [4.78, 5) is 18.5. The number of carbonyl (C=O) groups excluding carboxylic acids is 1. The normalized spacial score (nSPS) is 10.8. The number of likely N-dealkylation sites (N-methyl/N-ethyl adjacent to an activating group) is 1. The molecule has 0 N–H and O–H groups in total. The molecule has 3 rings (SSSR count). The van der Waals surface area contributed by atoms with Gasteiger partial charge in [0.05, 0.1) is 18.4 Å². The van der Waals surface area contributed by atoms with E-state index in [0.717, 1.165) is 16.3 Å². The molecule has 1 amide bonds. The summed E-state index contributed by atoms with van der Waals surface area (Å²) >= 11 is 13.5. The van der Waals surface area contributed by atoms with E-state index in [0.29, 0.717) is 22.4 Å². The van der Waals surface area contributed by atoms with Crippen LogP contribution in [0.5, 0.6) is 0 Å². The second-order valence-corrected chi connectivity index (χ2v) is 6.99. The molecule has 0 bridgehead atoms. The van der Waals surface area contributed by atoms with Crippen molar-refractivity contribution in [3.8, 4) is 10.8 Å². The molecule has 124 valence electrons. The van der Waals surface area contributed by atoms with Gasteiger partial charge in [-0.05, 0) is 29.8 Å². The number of hydrogen-bond donors (Lipinski definition) is 0. The summed E-state index contributed by atoms with van der Waals surface area (Å²) in [7, 11) is 1.74. The van der Waals surface area contributed by atoms with Crippen molar-refractivity contribution in [3.05, 3.63) is 63.3 Å². The smallest absolute Gasteiger partial charge is 0.228 e. The van der Waals surface area contributed by atoms with E-state index < -0.39 is 0 Å². The first-order valence-electron chi connectivity index (χ1n) is 7.19. The molecule has 7 heteroatoms. The Morgan fingerprint density at radius 3 is 2.88 bits per heavy atom. The van der Waals surface area contributed by atoms with Gasteiger partial charge in [-0.2, -0.15) is 0 Å². The molecule has 24 heavy (non-hydrogen) atoms. The number of benzene rings is 1. The number of carbonyl (C=O) groups is 1. The first-order chi connectivity index (χ1) is 11.5. The molecular formula is C17H14Cl2N2O2S. The first-order valence-corrected chi connectivity index (χ1v) is 8.82. The second-order valence-electron chi connectivity index (χ2n) is 5.28. The average molecular weight is 381 g/mol. The van der Waals surface area contributed by atoms with Gasteiger partial charge in [0.15, 0.2) is 10.8 Å². The Hall–Kier alpha value is -1.82. The molecule has 0 spiro atoms. The summed E-state index contributed by atoms with van der Waals surface area (Å²) in [5, 5.41) is 3.77. The van der Waals surface area contributed by atoms with Crippen molar-refractivity contribution in [1.82, 2.24) is 9.88 Å². The van der Waals surface area contributed by atoms with Gasteiger partial charge in [0, 0.05) is 29.0 Å². The quantitative estimate of drug-likeness (QED) is 0.631. The third kappa shape index (κ3) is 3.98. The molecule has 0 saturated carbocycles. The molecule has 0 saturated heterocycles. The SMILES string of the molecule is CN(Cc1ccc(Cl)cc1Cl)C(=O)Cc1csc(-c2ccco2)n1. The Balaban J connectivity index is 1.64. The average Bonchev–Trinajstić information content (AvgIpc) is 3.20. The van der Waals surface area contributed by atoms with Crippen LogP contribution < -0.4 is 0 Å². The molecule has 0 aliphatic heterocycles. The van der Waals surface area contributed by atoms with Crippen LogP contribution in [0, 0.1) is 0 Å². The number of furan rings is 1. The number of amides is 1. The minimum atomic E-state index is -0.0303. The Kier molecular flexibility index (Phi) is 5.23. The van der Waals surface area contributed by atoms with Crippen LogP contribution in [0.15, 0.2) is 46.4 Å². The maximum absolute atomic E-state index is 12.4. The molecule has 1 aromatic carbocycles. The van der Waals surface area contributed by atoms with Crippen LogP contribution in [0.1, 0.15) is 11.3 Å². The van der Waals surface area contributed by atoms with E-state index in [4.69, 9.17) is 27.6 Å². The van der Waals surface area contributed by atoms with E-state index in [1.54, 1.807) is 30.3 Å². The lowest BCUT2D eigenvalue weighted by Crippen LogP contribution is -2.27. The van der Waals surface area contributed by atoms with Crippen LogP contribution >= 0.6 is 34.5 Å². The zero-order chi connectivity index (χ0) is 17.1. The first kappa shape index (κ1) is 17.0. The Morgan fingerprint density at radius 1 is 1.33 bits per heavy atom. The number of halogens is 2. The fraction of sp³-hybridized carbons (Fsp3) is 0.176. The molecule has 2 aromatic heterocycles. The van der Waals surface area contributed by atoms with Gasteiger partial charge in [0.1, 0.15) is 0 Å². The molecule has 3 aromatic rings. The Morgan fingerprint density at radius 2 is 2.17 bits per heavy atom. The maximum atomic E-state index is 12.4. The predicted molar refractivity (Wildman–Crippen MR) is 96.5 cm³/mol. The molecule has 0 radical (unpaired) electrons. The van der Waals surface area contributed by atoms with Gasteiger partial charge in [-0.25, -0.2) is 4.98 Å². The summed E-state index contributed by atoms with van der Waals surface area (Å²) in [6.45, 7) is 0.421. The van der Waals surface area contributed by atoms with Crippen LogP contribution in [-0.2, 0) is 17.8 Å². The fourth-order valence-corrected chi connectivity index (χ4v) is 3.44. The van der Waals surface area contributed by atoms with Gasteiger partial charge < -0.3 is 9.32 Å². The van der Waals surface area contributed by atoms with Crippen molar-refractivity contribution < 1.29 is 9.21 Å². The van der Waals surface area contributed by atoms with Crippen molar-refractivity contribution in [2.45, 2.75) is 13.0 Å². The van der Waals surface area contributed by atoms with Crippen molar-refractivity contribution >= 4 is 40.4 Å². The topological polar surface area (TPSA) is 46.3 Å². The molecule has 0 atom stereocenters. The van der Waals surface area contributed by atoms with Crippen molar-refractivity contribution in [2.75, 3.05) is 7.05 Å². The number of thiazole rings is 1. The van der Waals surface area contributed by atoms with E-state index in [9.17, 15) is 4.79 Å². The van der Waals surface area contributed by atoms with Gasteiger partial charge in [0.25, 0.3) is 0 Å². The van der Waals surface area contributed by atoms with Crippen LogP contribution in [0.3, 0.4) is 0 Å². The highest BCUT2D eigenvalue weighted by atomic mass is 35.5. The van der Waals surface area contributed by atoms with Crippen LogP contribution in [-0.4, -0.2) is 22.8 Å². The predicted octanol–water partition coefficient (Wildman–Crippen LogP) is 4.91. The lowest BCUT2D eigenvalue weighted by molar-refractivity contribution is -0.129. The Labute approximate surface area is 153 Å². The standard InChI is InChI=1S/C17H14Cl2N2O2S/c1-21(9-11-4-5-12(18)7-14(11)19)16(22)8-13-10-24-17(20-13)15-3-2-6-23-15/h2-7,10H,8-9H2,1H3. The van der Waals surface area contributed by atoms with Crippen LogP contribution in [0.25, 0.3) is 10.8 Å². The highest BCUT2D eigenvalue weighted by molar-refractivity contribution is 7.13. The van der Waals surface area contributed by atoms with E-state index in [-0.39, 0.29) is 12.3 Å². The summed E-state index contributed by atoms with van der Waals surface area (Å²) in [6, 6.07) is 8.92. The monoisotopic (exact) mass is 380 g/mol. The molecule has 0 unspecified atom stereocenters. The molecule has 0 aliphatic rings. The van der Waals surface area contributed by atoms with Gasteiger partial charge in [-0.15, -0.1) is 11.3 Å². The third-order valence-electron chi connectivity index (χ3n) is 3.46. The van der Waals surface area contributed by atoms with E-state index >= 15 is 0 Å². The van der Waals surface area contributed by atoms with Crippen LogP contribution in [0.4, 0.5) is 0 Å². The lowest BCUT2D eigenvalue weighted by atomic mass is 10.2. The van der Waals surface area contributed by atoms with Gasteiger partial charge in [-0.3, -0.25) is 4.79 Å². The number of hydrogen-bond acceptors (Lipinski definition) is 4. The molecule has 4 nitrogen and oxygen atoms in total. The fourth-order valence-electron chi connectivity index (χ4n) is 2.19. The van der Waals surface area contributed by atoms with Crippen molar-refractivity contribution in [1.29, 1.82) is 0 Å². The summed E-state index contributed by atoms with van der Waals surface area (Å²) in [5.41, 5.74) is 1.58. The van der Waals surface area contributed by atoms with Gasteiger partial charge >= 0.3 is 0 Å².